The highest BCUT2D eigenvalue weighted by Crippen LogP contribution is 2.35. The average Bonchev–Trinajstić information content (AvgIpc) is 3.22. The Labute approximate surface area is 114 Å². The summed E-state index contributed by atoms with van der Waals surface area (Å²) in [6, 6.07) is 1.51. The van der Waals surface area contributed by atoms with Crippen molar-refractivity contribution in [1.82, 2.24) is 10.2 Å². The van der Waals surface area contributed by atoms with Crippen LogP contribution in [0.25, 0.3) is 0 Å². The number of likely N-dealkylation sites (N-methyl/N-ethyl adjacent to an activating group) is 2. The molecule has 2 heteroatoms. The predicted molar refractivity (Wildman–Crippen MR) is 78.9 cm³/mol. The van der Waals surface area contributed by atoms with Crippen molar-refractivity contribution in [3.63, 3.8) is 0 Å². The Kier molecular flexibility index (Phi) is 5.50. The molecule has 0 bridgehead atoms. The van der Waals surface area contributed by atoms with E-state index in [2.05, 4.69) is 31.1 Å². The molecule has 2 saturated carbocycles. The largest absolute Gasteiger partial charge is 0.313 e. The molecule has 18 heavy (non-hydrogen) atoms. The molecular weight excluding hydrogens is 220 g/mol. The SMILES string of the molecule is CCNC(CN(C)C(C)C1CC1)C1CCCCC1. The van der Waals surface area contributed by atoms with Crippen molar-refractivity contribution in [2.45, 2.75) is 70.9 Å². The Morgan fingerprint density at radius 2 is 1.72 bits per heavy atom. The Morgan fingerprint density at radius 3 is 2.28 bits per heavy atom. The van der Waals surface area contributed by atoms with Crippen molar-refractivity contribution in [2.75, 3.05) is 20.1 Å². The van der Waals surface area contributed by atoms with E-state index in [1.54, 1.807) is 0 Å². The monoisotopic (exact) mass is 252 g/mol. The first-order valence-electron chi connectivity index (χ1n) is 8.16. The fourth-order valence-corrected chi connectivity index (χ4v) is 3.59. The van der Waals surface area contributed by atoms with Crippen LogP contribution in [0.4, 0.5) is 0 Å². The molecule has 2 rings (SSSR count). The van der Waals surface area contributed by atoms with E-state index in [1.165, 1.54) is 51.5 Å². The van der Waals surface area contributed by atoms with Gasteiger partial charge in [0, 0.05) is 18.6 Å². The molecule has 0 spiro atoms. The topological polar surface area (TPSA) is 15.3 Å². The molecule has 2 atom stereocenters. The van der Waals surface area contributed by atoms with Crippen molar-refractivity contribution >= 4 is 0 Å². The molecule has 0 radical (unpaired) electrons. The van der Waals surface area contributed by atoms with Gasteiger partial charge in [0.2, 0.25) is 0 Å². The van der Waals surface area contributed by atoms with Gasteiger partial charge in [0.05, 0.1) is 0 Å². The Hall–Kier alpha value is -0.0800. The summed E-state index contributed by atoms with van der Waals surface area (Å²) in [5.41, 5.74) is 0. The fraction of sp³-hybridized carbons (Fsp3) is 1.00. The van der Waals surface area contributed by atoms with E-state index in [-0.39, 0.29) is 0 Å². The second-order valence-electron chi connectivity index (χ2n) is 6.58. The van der Waals surface area contributed by atoms with Gasteiger partial charge in [-0.25, -0.2) is 0 Å². The normalized spacial score (nSPS) is 25.3. The highest BCUT2D eigenvalue weighted by atomic mass is 15.2. The van der Waals surface area contributed by atoms with Gasteiger partial charge in [-0.2, -0.15) is 0 Å². The molecule has 106 valence electrons. The summed E-state index contributed by atoms with van der Waals surface area (Å²) in [5, 5.41) is 3.76. The molecule has 0 aliphatic heterocycles. The van der Waals surface area contributed by atoms with Crippen LogP contribution in [0.5, 0.6) is 0 Å². The van der Waals surface area contributed by atoms with Gasteiger partial charge in [-0.1, -0.05) is 26.2 Å². The lowest BCUT2D eigenvalue weighted by Crippen LogP contribution is -2.47. The molecule has 1 N–H and O–H groups in total. The zero-order valence-electron chi connectivity index (χ0n) is 12.6. The Morgan fingerprint density at radius 1 is 1.06 bits per heavy atom. The molecule has 0 amide bonds. The Balaban J connectivity index is 1.83. The summed E-state index contributed by atoms with van der Waals surface area (Å²) in [7, 11) is 2.33. The van der Waals surface area contributed by atoms with Crippen LogP contribution in [-0.2, 0) is 0 Å². The van der Waals surface area contributed by atoms with Crippen molar-refractivity contribution in [3.05, 3.63) is 0 Å². The molecule has 0 heterocycles. The first-order valence-corrected chi connectivity index (χ1v) is 8.16. The highest BCUT2D eigenvalue weighted by Gasteiger charge is 2.32. The predicted octanol–water partition coefficient (Wildman–Crippen LogP) is 3.28. The molecule has 0 aromatic rings. The summed E-state index contributed by atoms with van der Waals surface area (Å²) in [6.07, 6.45) is 10.2. The minimum absolute atomic E-state index is 0.724. The van der Waals surface area contributed by atoms with Crippen molar-refractivity contribution in [3.8, 4) is 0 Å². The van der Waals surface area contributed by atoms with E-state index in [1.807, 2.05) is 0 Å². The minimum atomic E-state index is 0.724. The van der Waals surface area contributed by atoms with E-state index < -0.39 is 0 Å². The van der Waals surface area contributed by atoms with E-state index in [4.69, 9.17) is 0 Å². The molecule has 2 aliphatic carbocycles. The van der Waals surface area contributed by atoms with Crippen LogP contribution >= 0.6 is 0 Å². The fourth-order valence-electron chi connectivity index (χ4n) is 3.59. The lowest BCUT2D eigenvalue weighted by molar-refractivity contribution is 0.166. The summed E-state index contributed by atoms with van der Waals surface area (Å²) in [5.74, 6) is 1.91. The van der Waals surface area contributed by atoms with E-state index in [0.717, 1.165) is 30.5 Å². The first kappa shape index (κ1) is 14.3. The number of rotatable bonds is 7. The molecule has 0 aromatic carbocycles. The van der Waals surface area contributed by atoms with Gasteiger partial charge in [-0.3, -0.25) is 0 Å². The van der Waals surface area contributed by atoms with Crippen LogP contribution < -0.4 is 5.32 Å². The van der Waals surface area contributed by atoms with Gasteiger partial charge in [-0.15, -0.1) is 0 Å². The summed E-state index contributed by atoms with van der Waals surface area (Å²) in [4.78, 5) is 2.61. The quantitative estimate of drug-likeness (QED) is 0.748. The molecule has 2 aliphatic rings. The van der Waals surface area contributed by atoms with Crippen LogP contribution in [0.3, 0.4) is 0 Å². The van der Waals surface area contributed by atoms with Gasteiger partial charge in [0.25, 0.3) is 0 Å². The van der Waals surface area contributed by atoms with Crippen molar-refractivity contribution in [2.24, 2.45) is 11.8 Å². The van der Waals surface area contributed by atoms with Crippen LogP contribution in [-0.4, -0.2) is 37.1 Å². The molecular formula is C16H32N2. The third kappa shape index (κ3) is 3.96. The van der Waals surface area contributed by atoms with Crippen LogP contribution in [0.1, 0.15) is 58.8 Å². The molecule has 0 aromatic heterocycles. The number of hydrogen-bond donors (Lipinski definition) is 1. The zero-order chi connectivity index (χ0) is 13.0. The smallest absolute Gasteiger partial charge is 0.0223 e. The third-order valence-electron chi connectivity index (χ3n) is 5.17. The third-order valence-corrected chi connectivity index (χ3v) is 5.17. The average molecular weight is 252 g/mol. The van der Waals surface area contributed by atoms with Gasteiger partial charge < -0.3 is 10.2 Å². The molecule has 2 nitrogen and oxygen atoms in total. The molecule has 0 saturated heterocycles. The molecule has 2 fully saturated rings. The van der Waals surface area contributed by atoms with E-state index in [9.17, 15) is 0 Å². The van der Waals surface area contributed by atoms with Crippen LogP contribution in [0.15, 0.2) is 0 Å². The maximum absolute atomic E-state index is 3.76. The molecule has 2 unspecified atom stereocenters. The highest BCUT2D eigenvalue weighted by molar-refractivity contribution is 4.87. The van der Waals surface area contributed by atoms with E-state index >= 15 is 0 Å². The first-order chi connectivity index (χ1) is 8.72. The second kappa shape index (κ2) is 6.91. The maximum atomic E-state index is 3.76. The zero-order valence-corrected chi connectivity index (χ0v) is 12.6. The number of nitrogens with one attached hydrogen (secondary N) is 1. The maximum Gasteiger partial charge on any atom is 0.0223 e. The Bertz CT molecular complexity index is 231. The van der Waals surface area contributed by atoms with Crippen LogP contribution in [0, 0.1) is 11.8 Å². The summed E-state index contributed by atoms with van der Waals surface area (Å²) in [6.45, 7) is 7.03. The summed E-state index contributed by atoms with van der Waals surface area (Å²) < 4.78 is 0. The lowest BCUT2D eigenvalue weighted by atomic mass is 9.83. The van der Waals surface area contributed by atoms with Gasteiger partial charge >= 0.3 is 0 Å². The minimum Gasteiger partial charge on any atom is -0.313 e. The second-order valence-corrected chi connectivity index (χ2v) is 6.58. The lowest BCUT2D eigenvalue weighted by Gasteiger charge is -2.36. The van der Waals surface area contributed by atoms with E-state index in [0.29, 0.717) is 0 Å². The number of nitrogens with zero attached hydrogens (tertiary/aromatic N) is 1. The standard InChI is InChI=1S/C16H32N2/c1-4-17-16(15-8-6-5-7-9-15)12-18(3)13(2)14-10-11-14/h13-17H,4-12H2,1-3H3. The van der Waals surface area contributed by atoms with Crippen molar-refractivity contribution < 1.29 is 0 Å². The van der Waals surface area contributed by atoms with Gasteiger partial charge in [0.15, 0.2) is 0 Å². The van der Waals surface area contributed by atoms with Gasteiger partial charge in [-0.05, 0) is 58.0 Å². The van der Waals surface area contributed by atoms with Crippen LogP contribution in [0.2, 0.25) is 0 Å². The summed E-state index contributed by atoms with van der Waals surface area (Å²) >= 11 is 0. The van der Waals surface area contributed by atoms with Gasteiger partial charge in [0.1, 0.15) is 0 Å². The number of hydrogen-bond acceptors (Lipinski definition) is 2. The van der Waals surface area contributed by atoms with Crippen molar-refractivity contribution in [1.29, 1.82) is 0 Å².